The number of nitrogens with one attached hydrogen (secondary N) is 2. The number of carbonyl (C=O) groups is 1. The van der Waals surface area contributed by atoms with Crippen LogP contribution in [0.4, 0.5) is 0 Å². The van der Waals surface area contributed by atoms with E-state index in [4.69, 9.17) is 17.0 Å². The molecule has 1 heterocycles. The first kappa shape index (κ1) is 14.9. The number of pyridine rings is 1. The highest BCUT2D eigenvalue weighted by molar-refractivity contribution is 7.80. The molecule has 0 saturated heterocycles. The van der Waals surface area contributed by atoms with Crippen molar-refractivity contribution in [1.29, 1.82) is 0 Å². The number of hydrogen-bond acceptors (Lipinski definition) is 4. The Hall–Kier alpha value is -2.47. The molecule has 108 valence electrons. The van der Waals surface area contributed by atoms with Crippen molar-refractivity contribution in [1.82, 2.24) is 15.6 Å². The zero-order valence-electron chi connectivity index (χ0n) is 11.3. The third-order valence-corrected chi connectivity index (χ3v) is 2.79. The van der Waals surface area contributed by atoms with Gasteiger partial charge in [0, 0.05) is 18.9 Å². The van der Waals surface area contributed by atoms with Crippen molar-refractivity contribution in [2.75, 3.05) is 6.61 Å². The topological polar surface area (TPSA) is 63.2 Å². The lowest BCUT2D eigenvalue weighted by Gasteiger charge is -2.10. The van der Waals surface area contributed by atoms with Gasteiger partial charge in [-0.2, -0.15) is 0 Å². The molecule has 2 rings (SSSR count). The van der Waals surface area contributed by atoms with Crippen LogP contribution >= 0.6 is 12.2 Å². The smallest absolute Gasteiger partial charge is 0.264 e. The maximum absolute atomic E-state index is 11.7. The number of thiocarbonyl (C=S) groups is 1. The molecule has 21 heavy (non-hydrogen) atoms. The van der Waals surface area contributed by atoms with Crippen molar-refractivity contribution < 1.29 is 9.53 Å². The normalized spacial score (nSPS) is 9.71. The van der Waals surface area contributed by atoms with E-state index in [1.54, 1.807) is 24.5 Å². The summed E-state index contributed by atoms with van der Waals surface area (Å²) in [6.45, 7) is 0.422. The van der Waals surface area contributed by atoms with Crippen LogP contribution in [0.3, 0.4) is 0 Å². The molecule has 0 aliphatic rings. The summed E-state index contributed by atoms with van der Waals surface area (Å²) >= 11 is 5.04. The van der Waals surface area contributed by atoms with Gasteiger partial charge in [0.15, 0.2) is 11.7 Å². The third-order valence-electron chi connectivity index (χ3n) is 2.54. The second kappa shape index (κ2) is 7.96. The van der Waals surface area contributed by atoms with Gasteiger partial charge in [-0.1, -0.05) is 24.3 Å². The van der Waals surface area contributed by atoms with Gasteiger partial charge in [0.1, 0.15) is 5.75 Å². The Morgan fingerprint density at radius 3 is 2.71 bits per heavy atom. The summed E-state index contributed by atoms with van der Waals surface area (Å²) in [4.78, 5) is 15.7. The molecule has 6 heteroatoms. The first-order valence-electron chi connectivity index (χ1n) is 6.38. The number of aromatic nitrogens is 1. The van der Waals surface area contributed by atoms with Crippen LogP contribution in [-0.2, 0) is 11.3 Å². The quantitative estimate of drug-likeness (QED) is 0.822. The van der Waals surface area contributed by atoms with E-state index >= 15 is 0 Å². The number of para-hydroxylation sites is 1. The number of benzene rings is 1. The van der Waals surface area contributed by atoms with Gasteiger partial charge in [-0.15, -0.1) is 0 Å². The Labute approximate surface area is 128 Å². The molecular weight excluding hydrogens is 286 g/mol. The predicted octanol–water partition coefficient (Wildman–Crippen LogP) is 1.65. The van der Waals surface area contributed by atoms with Gasteiger partial charge in [0.05, 0.1) is 0 Å². The molecule has 0 atom stereocenters. The average molecular weight is 301 g/mol. The summed E-state index contributed by atoms with van der Waals surface area (Å²) in [7, 11) is 0. The third kappa shape index (κ3) is 5.58. The van der Waals surface area contributed by atoms with Crippen molar-refractivity contribution in [3.63, 3.8) is 0 Å². The average Bonchev–Trinajstić information content (AvgIpc) is 2.53. The minimum absolute atomic E-state index is 0.0846. The van der Waals surface area contributed by atoms with Gasteiger partial charge in [0.25, 0.3) is 5.91 Å². The fourth-order valence-electron chi connectivity index (χ4n) is 1.56. The van der Waals surface area contributed by atoms with Gasteiger partial charge < -0.3 is 15.4 Å². The number of hydrogen-bond donors (Lipinski definition) is 2. The molecule has 1 aromatic heterocycles. The molecule has 0 aliphatic heterocycles. The molecule has 0 saturated carbocycles. The molecule has 0 bridgehead atoms. The van der Waals surface area contributed by atoms with E-state index in [9.17, 15) is 4.79 Å². The lowest BCUT2D eigenvalue weighted by molar-refractivity contribution is -0.121. The number of ether oxygens (including phenoxy) is 1. The Balaban J connectivity index is 1.69. The lowest BCUT2D eigenvalue weighted by Crippen LogP contribution is -2.41. The largest absolute Gasteiger partial charge is 0.484 e. The number of rotatable bonds is 5. The van der Waals surface area contributed by atoms with Gasteiger partial charge in [0.2, 0.25) is 0 Å². The van der Waals surface area contributed by atoms with Crippen LogP contribution in [0.25, 0.3) is 0 Å². The van der Waals surface area contributed by atoms with E-state index in [-0.39, 0.29) is 17.6 Å². The molecule has 0 spiro atoms. The van der Waals surface area contributed by atoms with Crippen molar-refractivity contribution in [3.8, 4) is 5.75 Å². The van der Waals surface area contributed by atoms with Crippen LogP contribution in [0.15, 0.2) is 54.9 Å². The molecule has 5 nitrogen and oxygen atoms in total. The van der Waals surface area contributed by atoms with Gasteiger partial charge in [-0.25, -0.2) is 0 Å². The van der Waals surface area contributed by atoms with Crippen LogP contribution in [0, 0.1) is 0 Å². The zero-order valence-corrected chi connectivity index (χ0v) is 12.1. The van der Waals surface area contributed by atoms with E-state index in [2.05, 4.69) is 15.6 Å². The summed E-state index contributed by atoms with van der Waals surface area (Å²) in [5, 5.41) is 5.75. The van der Waals surface area contributed by atoms with Crippen molar-refractivity contribution in [3.05, 3.63) is 60.4 Å². The van der Waals surface area contributed by atoms with Crippen LogP contribution in [0.2, 0.25) is 0 Å². The monoisotopic (exact) mass is 301 g/mol. The highest BCUT2D eigenvalue weighted by Crippen LogP contribution is 2.07. The Kier molecular flexibility index (Phi) is 5.66. The van der Waals surface area contributed by atoms with Crippen molar-refractivity contribution in [2.24, 2.45) is 0 Å². The highest BCUT2D eigenvalue weighted by Gasteiger charge is 2.05. The van der Waals surface area contributed by atoms with Gasteiger partial charge in [-0.3, -0.25) is 9.78 Å². The SMILES string of the molecule is O=C(COc1ccccc1)NC(=S)NCc1cccnc1. The summed E-state index contributed by atoms with van der Waals surface area (Å²) in [6.07, 6.45) is 3.43. The van der Waals surface area contributed by atoms with Crippen LogP contribution in [0.1, 0.15) is 5.56 Å². The van der Waals surface area contributed by atoms with E-state index in [0.717, 1.165) is 5.56 Å². The summed E-state index contributed by atoms with van der Waals surface area (Å²) in [5.74, 6) is 0.337. The standard InChI is InChI=1S/C15H15N3O2S/c19-14(11-20-13-6-2-1-3-7-13)18-15(21)17-10-12-5-4-8-16-9-12/h1-9H,10-11H2,(H2,17,18,19,21). The van der Waals surface area contributed by atoms with Crippen LogP contribution in [-0.4, -0.2) is 22.6 Å². The molecular formula is C15H15N3O2S. The van der Waals surface area contributed by atoms with Crippen LogP contribution < -0.4 is 15.4 Å². The predicted molar refractivity (Wildman–Crippen MR) is 83.8 cm³/mol. The number of carbonyl (C=O) groups excluding carboxylic acids is 1. The summed E-state index contributed by atoms with van der Waals surface area (Å²) in [5.41, 5.74) is 0.981. The minimum atomic E-state index is -0.303. The highest BCUT2D eigenvalue weighted by atomic mass is 32.1. The number of amides is 1. The second-order valence-corrected chi connectivity index (χ2v) is 4.60. The Morgan fingerprint density at radius 1 is 1.19 bits per heavy atom. The second-order valence-electron chi connectivity index (χ2n) is 4.19. The summed E-state index contributed by atoms with van der Waals surface area (Å²) < 4.78 is 5.32. The summed E-state index contributed by atoms with van der Waals surface area (Å²) in [6, 6.07) is 12.9. The molecule has 0 radical (unpaired) electrons. The minimum Gasteiger partial charge on any atom is -0.484 e. The van der Waals surface area contributed by atoms with E-state index in [0.29, 0.717) is 12.3 Å². The maximum atomic E-state index is 11.7. The maximum Gasteiger partial charge on any atom is 0.264 e. The molecule has 2 N–H and O–H groups in total. The molecule has 0 unspecified atom stereocenters. The Bertz CT molecular complexity index is 537. The van der Waals surface area contributed by atoms with Gasteiger partial charge >= 0.3 is 0 Å². The van der Waals surface area contributed by atoms with Gasteiger partial charge in [-0.05, 0) is 36.0 Å². The molecule has 1 aromatic carbocycles. The van der Waals surface area contributed by atoms with E-state index in [1.807, 2.05) is 30.3 Å². The molecule has 0 aliphatic carbocycles. The molecule has 0 fully saturated rings. The van der Waals surface area contributed by atoms with Crippen LogP contribution in [0.5, 0.6) is 5.75 Å². The first-order valence-corrected chi connectivity index (χ1v) is 6.79. The van der Waals surface area contributed by atoms with Crippen molar-refractivity contribution in [2.45, 2.75) is 6.54 Å². The first-order chi connectivity index (χ1) is 10.2. The van der Waals surface area contributed by atoms with E-state index < -0.39 is 0 Å². The molecule has 1 amide bonds. The zero-order chi connectivity index (χ0) is 14.9. The number of nitrogens with zero attached hydrogens (tertiary/aromatic N) is 1. The van der Waals surface area contributed by atoms with Crippen molar-refractivity contribution >= 4 is 23.2 Å². The Morgan fingerprint density at radius 2 is 2.00 bits per heavy atom. The lowest BCUT2D eigenvalue weighted by atomic mass is 10.3. The fourth-order valence-corrected chi connectivity index (χ4v) is 1.74. The fraction of sp³-hybridized carbons (Fsp3) is 0.133. The van der Waals surface area contributed by atoms with E-state index in [1.165, 1.54) is 0 Å². The molecule has 2 aromatic rings.